The molecule has 1 aromatic carbocycles. The van der Waals surface area contributed by atoms with Gasteiger partial charge in [0.05, 0.1) is 16.1 Å². The number of aromatic carboxylic acids is 1. The maximum Gasteiger partial charge on any atom is 0.417 e. The topological polar surface area (TPSA) is 37.3 Å². The molecule has 1 rings (SSSR count). The highest BCUT2D eigenvalue weighted by Gasteiger charge is 2.35. The molecule has 0 aromatic heterocycles. The summed E-state index contributed by atoms with van der Waals surface area (Å²) in [5.74, 6) is -3.07. The number of carboxylic acid groups (broad SMARTS) is 1. The smallest absolute Gasteiger partial charge is 0.417 e. The highest BCUT2D eigenvalue weighted by molar-refractivity contribution is 6.31. The zero-order valence-electron chi connectivity index (χ0n) is 6.90. The van der Waals surface area contributed by atoms with Gasteiger partial charge in [0.2, 0.25) is 0 Å². The van der Waals surface area contributed by atoms with E-state index >= 15 is 0 Å². The SMILES string of the molecule is O=C(O)c1cc(F)c(Cl)c(C(F)(F)F)c1. The second-order valence-electron chi connectivity index (χ2n) is 2.62. The molecule has 2 nitrogen and oxygen atoms in total. The van der Waals surface area contributed by atoms with Crippen LogP contribution in [0.15, 0.2) is 12.1 Å². The second kappa shape index (κ2) is 3.69. The summed E-state index contributed by atoms with van der Waals surface area (Å²) in [5, 5.41) is 7.28. The highest BCUT2D eigenvalue weighted by Crippen LogP contribution is 2.36. The Morgan fingerprint density at radius 3 is 2.27 bits per heavy atom. The molecule has 0 radical (unpaired) electrons. The molecule has 0 unspecified atom stereocenters. The van der Waals surface area contributed by atoms with Crippen molar-refractivity contribution in [2.24, 2.45) is 0 Å². The molecule has 0 aliphatic rings. The molecular formula is C8H3ClF4O2. The molecule has 0 amide bonds. The molecule has 0 heterocycles. The van der Waals surface area contributed by atoms with E-state index in [9.17, 15) is 22.4 Å². The first-order valence-corrected chi connectivity index (χ1v) is 3.91. The zero-order valence-corrected chi connectivity index (χ0v) is 7.66. The van der Waals surface area contributed by atoms with Gasteiger partial charge in [-0.1, -0.05) is 11.6 Å². The van der Waals surface area contributed by atoms with Crippen LogP contribution in [0.3, 0.4) is 0 Å². The Bertz CT molecular complexity index is 414. The minimum absolute atomic E-state index is 0.285. The van der Waals surface area contributed by atoms with E-state index in [1.54, 1.807) is 0 Å². The molecule has 0 saturated heterocycles. The molecule has 15 heavy (non-hydrogen) atoms. The number of benzene rings is 1. The lowest BCUT2D eigenvalue weighted by Gasteiger charge is -2.10. The Balaban J connectivity index is 3.45. The number of alkyl halides is 3. The molecule has 7 heteroatoms. The summed E-state index contributed by atoms with van der Waals surface area (Å²) in [7, 11) is 0. The van der Waals surface area contributed by atoms with Crippen LogP contribution in [0.2, 0.25) is 5.02 Å². The number of hydrogen-bond donors (Lipinski definition) is 1. The third-order valence-corrected chi connectivity index (χ3v) is 1.96. The molecule has 0 spiro atoms. The first-order chi connectivity index (χ1) is 6.73. The molecule has 1 aromatic rings. The number of carbonyl (C=O) groups is 1. The van der Waals surface area contributed by atoms with Crippen molar-refractivity contribution in [1.82, 2.24) is 0 Å². The minimum atomic E-state index is -4.89. The van der Waals surface area contributed by atoms with E-state index in [1.807, 2.05) is 0 Å². The molecule has 0 bridgehead atoms. The van der Waals surface area contributed by atoms with E-state index in [4.69, 9.17) is 16.7 Å². The van der Waals surface area contributed by atoms with Crippen molar-refractivity contribution in [3.05, 3.63) is 34.1 Å². The lowest BCUT2D eigenvalue weighted by atomic mass is 10.1. The van der Waals surface area contributed by atoms with Gasteiger partial charge in [-0.25, -0.2) is 9.18 Å². The van der Waals surface area contributed by atoms with E-state index < -0.39 is 34.1 Å². The van der Waals surface area contributed by atoms with E-state index in [0.717, 1.165) is 0 Å². The zero-order chi connectivity index (χ0) is 11.8. The van der Waals surface area contributed by atoms with Crippen molar-refractivity contribution in [1.29, 1.82) is 0 Å². The van der Waals surface area contributed by atoms with Crippen molar-refractivity contribution in [3.63, 3.8) is 0 Å². The number of rotatable bonds is 1. The van der Waals surface area contributed by atoms with Crippen molar-refractivity contribution < 1.29 is 27.5 Å². The highest BCUT2D eigenvalue weighted by atomic mass is 35.5. The number of hydrogen-bond acceptors (Lipinski definition) is 1. The monoisotopic (exact) mass is 242 g/mol. The van der Waals surface area contributed by atoms with E-state index in [2.05, 4.69) is 0 Å². The lowest BCUT2D eigenvalue weighted by molar-refractivity contribution is -0.137. The third kappa shape index (κ3) is 2.38. The average molecular weight is 243 g/mol. The van der Waals surface area contributed by atoms with Gasteiger partial charge in [0, 0.05) is 0 Å². The van der Waals surface area contributed by atoms with Crippen molar-refractivity contribution >= 4 is 17.6 Å². The standard InChI is InChI=1S/C8H3ClF4O2/c9-6-4(8(11,12)13)1-3(7(14)15)2-5(6)10/h1-2H,(H,14,15). The van der Waals surface area contributed by atoms with Gasteiger partial charge < -0.3 is 5.11 Å². The van der Waals surface area contributed by atoms with E-state index in [0.29, 0.717) is 6.07 Å². The summed E-state index contributed by atoms with van der Waals surface area (Å²) in [5.41, 5.74) is -2.30. The van der Waals surface area contributed by atoms with Crippen LogP contribution < -0.4 is 0 Å². The van der Waals surface area contributed by atoms with Gasteiger partial charge in [-0.05, 0) is 12.1 Å². The molecule has 82 valence electrons. The van der Waals surface area contributed by atoms with E-state index in [1.165, 1.54) is 0 Å². The van der Waals surface area contributed by atoms with Crippen molar-refractivity contribution in [2.75, 3.05) is 0 Å². The van der Waals surface area contributed by atoms with Crippen LogP contribution in [-0.2, 0) is 6.18 Å². The Morgan fingerprint density at radius 2 is 1.87 bits per heavy atom. The van der Waals surface area contributed by atoms with Crippen LogP contribution in [0.5, 0.6) is 0 Å². The maximum absolute atomic E-state index is 12.8. The number of carboxylic acids is 1. The Hall–Kier alpha value is -1.30. The fourth-order valence-electron chi connectivity index (χ4n) is 0.919. The molecule has 0 atom stereocenters. The maximum atomic E-state index is 12.8. The van der Waals surface area contributed by atoms with Crippen molar-refractivity contribution in [3.8, 4) is 0 Å². The van der Waals surface area contributed by atoms with Gasteiger partial charge in [-0.15, -0.1) is 0 Å². The van der Waals surface area contributed by atoms with Gasteiger partial charge in [0.25, 0.3) is 0 Å². The molecule has 1 N–H and O–H groups in total. The minimum Gasteiger partial charge on any atom is -0.478 e. The Kier molecular flexibility index (Phi) is 2.90. The van der Waals surface area contributed by atoms with Gasteiger partial charge >= 0.3 is 12.1 Å². The molecular weight excluding hydrogens is 240 g/mol. The van der Waals surface area contributed by atoms with E-state index in [-0.39, 0.29) is 6.07 Å². The van der Waals surface area contributed by atoms with Gasteiger partial charge in [0.15, 0.2) is 0 Å². The summed E-state index contributed by atoms with van der Waals surface area (Å²) in [6.07, 6.45) is -4.89. The summed E-state index contributed by atoms with van der Waals surface area (Å²) >= 11 is 5.07. The molecule has 0 fully saturated rings. The predicted octanol–water partition coefficient (Wildman–Crippen LogP) is 3.20. The van der Waals surface area contributed by atoms with Gasteiger partial charge in [-0.3, -0.25) is 0 Å². The van der Waals surface area contributed by atoms with Crippen LogP contribution in [0.1, 0.15) is 15.9 Å². The quantitative estimate of drug-likeness (QED) is 0.768. The van der Waals surface area contributed by atoms with Crippen molar-refractivity contribution in [2.45, 2.75) is 6.18 Å². The average Bonchev–Trinajstić information content (AvgIpc) is 2.06. The number of halogens is 5. The Morgan fingerprint density at radius 1 is 1.33 bits per heavy atom. The van der Waals surface area contributed by atoms with Gasteiger partial charge in [-0.2, -0.15) is 13.2 Å². The van der Waals surface area contributed by atoms with Crippen LogP contribution in [0.4, 0.5) is 17.6 Å². The lowest BCUT2D eigenvalue weighted by Crippen LogP contribution is -2.09. The summed E-state index contributed by atoms with van der Waals surface area (Å²) < 4.78 is 49.5. The first-order valence-electron chi connectivity index (χ1n) is 3.53. The largest absolute Gasteiger partial charge is 0.478 e. The first kappa shape index (κ1) is 11.8. The third-order valence-electron chi connectivity index (χ3n) is 1.58. The second-order valence-corrected chi connectivity index (χ2v) is 3.00. The molecule has 0 aliphatic heterocycles. The fourth-order valence-corrected chi connectivity index (χ4v) is 1.14. The molecule has 0 saturated carbocycles. The summed E-state index contributed by atoms with van der Waals surface area (Å²) in [6.45, 7) is 0. The predicted molar refractivity (Wildman–Crippen MR) is 43.4 cm³/mol. The Labute approximate surface area is 86.1 Å². The normalized spacial score (nSPS) is 11.5. The van der Waals surface area contributed by atoms with Crippen LogP contribution in [0.25, 0.3) is 0 Å². The van der Waals surface area contributed by atoms with Crippen LogP contribution in [-0.4, -0.2) is 11.1 Å². The van der Waals surface area contributed by atoms with Crippen LogP contribution in [0, 0.1) is 5.82 Å². The van der Waals surface area contributed by atoms with Gasteiger partial charge in [0.1, 0.15) is 5.82 Å². The summed E-state index contributed by atoms with van der Waals surface area (Å²) in [6, 6.07) is 0.716. The fraction of sp³-hybridized carbons (Fsp3) is 0.125. The van der Waals surface area contributed by atoms with Crippen LogP contribution >= 0.6 is 11.6 Å². The molecule has 0 aliphatic carbocycles. The summed E-state index contributed by atoms with van der Waals surface area (Å²) in [4.78, 5) is 10.4.